The molecule has 0 radical (unpaired) electrons. The number of hydrogen-bond donors (Lipinski definition) is 1. The third-order valence-corrected chi connectivity index (χ3v) is 7.78. The van der Waals surface area contributed by atoms with E-state index in [4.69, 9.17) is 42.1 Å². The van der Waals surface area contributed by atoms with Crippen LogP contribution in [-0.2, 0) is 4.74 Å². The van der Waals surface area contributed by atoms with Crippen molar-refractivity contribution in [1.29, 1.82) is 0 Å². The Bertz CT molecular complexity index is 1770. The van der Waals surface area contributed by atoms with Crippen LogP contribution in [0.5, 0.6) is 17.2 Å². The molecule has 0 bridgehead atoms. The van der Waals surface area contributed by atoms with E-state index < -0.39 is 24.1 Å². The Hall–Kier alpha value is -3.93. The zero-order valence-corrected chi connectivity index (χ0v) is 24.5. The van der Waals surface area contributed by atoms with E-state index in [9.17, 15) is 4.79 Å². The Morgan fingerprint density at radius 2 is 1.73 bits per heavy atom. The molecule has 1 N–H and O–H groups in total. The summed E-state index contributed by atoms with van der Waals surface area (Å²) < 4.78 is 37.5. The lowest BCUT2D eigenvalue weighted by Crippen LogP contribution is -2.32. The van der Waals surface area contributed by atoms with E-state index in [1.807, 2.05) is 6.07 Å². The maximum Gasteiger partial charge on any atom is 0.412 e. The summed E-state index contributed by atoms with van der Waals surface area (Å²) in [7, 11) is 3.05. The zero-order chi connectivity index (χ0) is 29.3. The maximum absolute atomic E-state index is 15.3. The van der Waals surface area contributed by atoms with Crippen molar-refractivity contribution >= 4 is 67.4 Å². The van der Waals surface area contributed by atoms with Gasteiger partial charge in [0.1, 0.15) is 39.3 Å². The number of hydrogen-bond acceptors (Lipinski definition) is 9. The molecular formula is C28H23Cl2FN4O5S. The lowest BCUT2D eigenvalue weighted by atomic mass is 10.1. The SMILES string of the molecule is COc1cncc(NC(=O)O[C@H](C)[C@H](C)Oc2cc3sc(-c4cc(Cl)cc5cc(OC)cnc45)nc3c(Cl)c2F)c1. The summed E-state index contributed by atoms with van der Waals surface area (Å²) in [5, 5.41) is 4.18. The molecule has 0 unspecified atom stereocenters. The first kappa shape index (κ1) is 28.6. The molecular weight excluding hydrogens is 594 g/mol. The van der Waals surface area contributed by atoms with Crippen molar-refractivity contribution in [1.82, 2.24) is 15.0 Å². The Balaban J connectivity index is 1.37. The number of rotatable bonds is 8. The van der Waals surface area contributed by atoms with Gasteiger partial charge in [-0.3, -0.25) is 15.3 Å². The van der Waals surface area contributed by atoms with Crippen LogP contribution >= 0.6 is 34.5 Å². The highest BCUT2D eigenvalue weighted by molar-refractivity contribution is 7.21. The van der Waals surface area contributed by atoms with Gasteiger partial charge in [-0.15, -0.1) is 11.3 Å². The van der Waals surface area contributed by atoms with Crippen molar-refractivity contribution in [3.8, 4) is 27.8 Å². The fourth-order valence-electron chi connectivity index (χ4n) is 3.96. The topological polar surface area (TPSA) is 105 Å². The molecule has 0 spiro atoms. The molecule has 0 fully saturated rings. The molecule has 1 amide bonds. The number of nitrogens with one attached hydrogen (secondary N) is 1. The molecule has 13 heteroatoms. The zero-order valence-electron chi connectivity index (χ0n) is 22.2. The summed E-state index contributed by atoms with van der Waals surface area (Å²) in [4.78, 5) is 25.5. The first-order valence-electron chi connectivity index (χ1n) is 12.2. The number of anilines is 1. The third kappa shape index (κ3) is 6.07. The summed E-state index contributed by atoms with van der Waals surface area (Å²) >= 11 is 14.1. The molecule has 0 saturated heterocycles. The fraction of sp³-hybridized carbons (Fsp3) is 0.214. The number of fused-ring (bicyclic) bond motifs is 2. The van der Waals surface area contributed by atoms with Gasteiger partial charge in [0, 0.05) is 28.1 Å². The van der Waals surface area contributed by atoms with Crippen LogP contribution in [0.2, 0.25) is 10.0 Å². The molecule has 3 heterocycles. The van der Waals surface area contributed by atoms with Gasteiger partial charge >= 0.3 is 6.09 Å². The third-order valence-electron chi connectivity index (χ3n) is 6.18. The summed E-state index contributed by atoms with van der Waals surface area (Å²) in [6.07, 6.45) is 2.34. The Morgan fingerprint density at radius 1 is 0.976 bits per heavy atom. The van der Waals surface area contributed by atoms with Gasteiger partial charge in [-0.05, 0) is 32.0 Å². The van der Waals surface area contributed by atoms with E-state index in [1.54, 1.807) is 45.4 Å². The number of methoxy groups -OCH3 is 2. The fourth-order valence-corrected chi connectivity index (χ4v) is 5.50. The first-order valence-corrected chi connectivity index (χ1v) is 13.8. The van der Waals surface area contributed by atoms with Crippen LogP contribution in [0.1, 0.15) is 13.8 Å². The van der Waals surface area contributed by atoms with Crippen LogP contribution in [-0.4, -0.2) is 47.5 Å². The highest BCUT2D eigenvalue weighted by atomic mass is 35.5. The summed E-state index contributed by atoms with van der Waals surface area (Å²) in [6.45, 7) is 3.28. The Morgan fingerprint density at radius 3 is 2.49 bits per heavy atom. The highest BCUT2D eigenvalue weighted by Gasteiger charge is 2.24. The van der Waals surface area contributed by atoms with Crippen molar-refractivity contribution in [3.63, 3.8) is 0 Å². The summed E-state index contributed by atoms with van der Waals surface area (Å²) in [6, 6.07) is 8.46. The molecule has 0 aliphatic heterocycles. The number of amides is 1. The van der Waals surface area contributed by atoms with Crippen molar-refractivity contribution in [2.24, 2.45) is 0 Å². The van der Waals surface area contributed by atoms with Crippen molar-refractivity contribution < 1.29 is 28.1 Å². The molecule has 9 nitrogen and oxygen atoms in total. The predicted octanol–water partition coefficient (Wildman–Crippen LogP) is 7.77. The van der Waals surface area contributed by atoms with E-state index in [2.05, 4.69) is 20.3 Å². The van der Waals surface area contributed by atoms with Crippen LogP contribution in [0.3, 0.4) is 0 Å². The normalized spacial score (nSPS) is 12.7. The van der Waals surface area contributed by atoms with Gasteiger partial charge in [-0.1, -0.05) is 23.2 Å². The van der Waals surface area contributed by atoms with Crippen LogP contribution in [0, 0.1) is 5.82 Å². The van der Waals surface area contributed by atoms with E-state index in [0.29, 0.717) is 43.0 Å². The lowest BCUT2D eigenvalue weighted by Gasteiger charge is -2.22. The minimum absolute atomic E-state index is 0.100. The van der Waals surface area contributed by atoms with Crippen molar-refractivity contribution in [2.45, 2.75) is 26.1 Å². The summed E-state index contributed by atoms with van der Waals surface area (Å²) in [5.41, 5.74) is 2.00. The average Bonchev–Trinajstić information content (AvgIpc) is 3.39. The number of benzene rings is 2. The van der Waals surface area contributed by atoms with Crippen LogP contribution in [0.4, 0.5) is 14.9 Å². The molecule has 212 valence electrons. The average molecular weight is 617 g/mol. The second-order valence-corrected chi connectivity index (χ2v) is 10.8. The number of nitrogens with zero attached hydrogens (tertiary/aromatic N) is 3. The Kier molecular flexibility index (Phi) is 8.30. The first-order chi connectivity index (χ1) is 19.7. The van der Waals surface area contributed by atoms with Crippen LogP contribution in [0.15, 0.2) is 48.9 Å². The van der Waals surface area contributed by atoms with E-state index in [0.717, 1.165) is 5.39 Å². The van der Waals surface area contributed by atoms with Gasteiger partial charge in [0.2, 0.25) is 0 Å². The standard InChI is InChI=1S/C28H23Cl2FN4O5S/c1-13(14(2)40-28(36)34-17-8-19(38-4)11-32-10-17)39-21-9-22-26(23(30)24(21)31)35-27(41-22)20-7-16(29)5-15-6-18(37-3)12-33-25(15)20/h5-14H,1-4H3,(H,34,36)/t13-,14+/m0/s1. The number of ether oxygens (including phenoxy) is 4. The quantitative estimate of drug-likeness (QED) is 0.188. The lowest BCUT2D eigenvalue weighted by molar-refractivity contribution is 0.0402. The monoisotopic (exact) mass is 616 g/mol. The largest absolute Gasteiger partial charge is 0.495 e. The molecule has 2 aromatic carbocycles. The molecule has 41 heavy (non-hydrogen) atoms. The van der Waals surface area contributed by atoms with Gasteiger partial charge in [0.25, 0.3) is 0 Å². The van der Waals surface area contributed by atoms with Crippen LogP contribution in [0.25, 0.3) is 31.7 Å². The molecule has 2 atom stereocenters. The minimum atomic E-state index is -0.777. The van der Waals surface area contributed by atoms with E-state index in [-0.39, 0.29) is 16.3 Å². The van der Waals surface area contributed by atoms with Crippen molar-refractivity contribution in [2.75, 3.05) is 19.5 Å². The van der Waals surface area contributed by atoms with Crippen molar-refractivity contribution in [3.05, 3.63) is 64.8 Å². The van der Waals surface area contributed by atoms with Gasteiger partial charge in [-0.2, -0.15) is 0 Å². The number of halogens is 3. The van der Waals surface area contributed by atoms with Gasteiger partial charge < -0.3 is 18.9 Å². The summed E-state index contributed by atoms with van der Waals surface area (Å²) in [5.74, 6) is 0.184. The van der Waals surface area contributed by atoms with Gasteiger partial charge in [0.15, 0.2) is 11.6 Å². The smallest absolute Gasteiger partial charge is 0.412 e. The van der Waals surface area contributed by atoms with E-state index in [1.165, 1.54) is 36.9 Å². The van der Waals surface area contributed by atoms with Gasteiger partial charge in [0.05, 0.1) is 48.7 Å². The van der Waals surface area contributed by atoms with Gasteiger partial charge in [-0.25, -0.2) is 14.2 Å². The highest BCUT2D eigenvalue weighted by Crippen LogP contribution is 2.41. The number of thiazole rings is 1. The second kappa shape index (κ2) is 11.9. The number of carbonyl (C=O) groups excluding carboxylic acids is 1. The predicted molar refractivity (Wildman–Crippen MR) is 157 cm³/mol. The Labute approximate surface area is 248 Å². The minimum Gasteiger partial charge on any atom is -0.495 e. The molecule has 0 aliphatic rings. The number of pyridine rings is 2. The molecule has 0 saturated carbocycles. The maximum atomic E-state index is 15.3. The number of aromatic nitrogens is 3. The second-order valence-electron chi connectivity index (χ2n) is 8.94. The van der Waals surface area contributed by atoms with Crippen LogP contribution < -0.4 is 19.5 Å². The number of carbonyl (C=O) groups is 1. The molecule has 0 aliphatic carbocycles. The molecule has 5 rings (SSSR count). The molecule has 5 aromatic rings. The molecule has 3 aromatic heterocycles. The van der Waals surface area contributed by atoms with E-state index >= 15 is 4.39 Å².